The Hall–Kier alpha value is -0.680. The Kier molecular flexibility index (Phi) is 5.33. The fourth-order valence-electron chi connectivity index (χ4n) is 1.57. The maximum absolute atomic E-state index is 12.2. The summed E-state index contributed by atoms with van der Waals surface area (Å²) in [4.78, 5) is 12.2. The second kappa shape index (κ2) is 6.31. The van der Waals surface area contributed by atoms with Crippen molar-refractivity contribution in [1.82, 2.24) is 9.78 Å². The molecule has 1 rings (SSSR count). The van der Waals surface area contributed by atoms with Crippen LogP contribution in [0.2, 0.25) is 0 Å². The van der Waals surface area contributed by atoms with Crippen molar-refractivity contribution in [3.63, 3.8) is 0 Å². The molecule has 0 fully saturated rings. The first-order valence-corrected chi connectivity index (χ1v) is 6.76. The molecule has 0 spiro atoms. The van der Waals surface area contributed by atoms with Gasteiger partial charge in [0.15, 0.2) is 5.78 Å². The largest absolute Gasteiger partial charge is 0.327 e. The molecule has 4 nitrogen and oxygen atoms in total. The van der Waals surface area contributed by atoms with Crippen molar-refractivity contribution >= 4 is 21.7 Å². The highest BCUT2D eigenvalue weighted by molar-refractivity contribution is 9.10. The molecule has 0 aliphatic carbocycles. The number of aromatic nitrogens is 2. The summed E-state index contributed by atoms with van der Waals surface area (Å²) in [5.41, 5.74) is 6.57. The van der Waals surface area contributed by atoms with Gasteiger partial charge >= 0.3 is 0 Å². The maximum Gasteiger partial charge on any atom is 0.183 e. The van der Waals surface area contributed by atoms with Crippen molar-refractivity contribution in [3.05, 3.63) is 16.4 Å². The first-order valence-electron chi connectivity index (χ1n) is 5.97. The minimum atomic E-state index is -0.0978. The summed E-state index contributed by atoms with van der Waals surface area (Å²) in [5.74, 6) is 0.365. The predicted molar refractivity (Wildman–Crippen MR) is 72.0 cm³/mol. The SMILES string of the molecule is CCCn1ncc(Br)c1C(=O)CC(N)C(C)C. The summed E-state index contributed by atoms with van der Waals surface area (Å²) in [7, 11) is 0. The van der Waals surface area contributed by atoms with Crippen LogP contribution in [-0.2, 0) is 6.54 Å². The molecule has 1 aromatic heterocycles. The van der Waals surface area contributed by atoms with E-state index in [0.717, 1.165) is 17.4 Å². The van der Waals surface area contributed by atoms with E-state index in [2.05, 4.69) is 28.0 Å². The summed E-state index contributed by atoms with van der Waals surface area (Å²) in [6, 6.07) is -0.0978. The van der Waals surface area contributed by atoms with Crippen LogP contribution in [0.15, 0.2) is 10.7 Å². The molecule has 17 heavy (non-hydrogen) atoms. The highest BCUT2D eigenvalue weighted by atomic mass is 79.9. The number of nitrogens with zero attached hydrogens (tertiary/aromatic N) is 2. The lowest BCUT2D eigenvalue weighted by molar-refractivity contribution is 0.0956. The van der Waals surface area contributed by atoms with Gasteiger partial charge in [0.2, 0.25) is 0 Å². The minimum absolute atomic E-state index is 0.0593. The normalized spacial score (nSPS) is 13.1. The van der Waals surface area contributed by atoms with Gasteiger partial charge in [0.1, 0.15) is 5.69 Å². The summed E-state index contributed by atoms with van der Waals surface area (Å²) < 4.78 is 2.51. The van der Waals surface area contributed by atoms with Gasteiger partial charge in [0.05, 0.1) is 10.7 Å². The fraction of sp³-hybridized carbons (Fsp3) is 0.667. The van der Waals surface area contributed by atoms with Gasteiger partial charge in [-0.05, 0) is 28.3 Å². The van der Waals surface area contributed by atoms with Crippen LogP contribution in [-0.4, -0.2) is 21.6 Å². The van der Waals surface area contributed by atoms with Crippen LogP contribution in [0.25, 0.3) is 0 Å². The Balaban J connectivity index is 2.84. The molecule has 0 saturated carbocycles. The van der Waals surface area contributed by atoms with Gasteiger partial charge in [0.25, 0.3) is 0 Å². The molecule has 1 heterocycles. The number of hydrogen-bond acceptors (Lipinski definition) is 3. The summed E-state index contributed by atoms with van der Waals surface area (Å²) in [6.07, 6.45) is 2.99. The number of carbonyl (C=O) groups excluding carboxylic acids is 1. The number of nitrogens with two attached hydrogens (primary N) is 1. The van der Waals surface area contributed by atoms with Gasteiger partial charge in [-0.1, -0.05) is 20.8 Å². The van der Waals surface area contributed by atoms with Gasteiger partial charge in [0, 0.05) is 19.0 Å². The van der Waals surface area contributed by atoms with E-state index >= 15 is 0 Å². The van der Waals surface area contributed by atoms with Crippen molar-refractivity contribution in [2.24, 2.45) is 11.7 Å². The van der Waals surface area contributed by atoms with E-state index in [4.69, 9.17) is 5.73 Å². The monoisotopic (exact) mass is 301 g/mol. The average molecular weight is 302 g/mol. The zero-order valence-electron chi connectivity index (χ0n) is 10.6. The van der Waals surface area contributed by atoms with E-state index in [-0.39, 0.29) is 11.8 Å². The predicted octanol–water partition coefficient (Wildman–Crippen LogP) is 2.61. The Morgan fingerprint density at radius 3 is 2.76 bits per heavy atom. The molecule has 1 unspecified atom stereocenters. The molecule has 0 aromatic carbocycles. The van der Waals surface area contributed by atoms with Crippen LogP contribution >= 0.6 is 15.9 Å². The fourth-order valence-corrected chi connectivity index (χ4v) is 2.08. The molecule has 96 valence electrons. The van der Waals surface area contributed by atoms with E-state index < -0.39 is 0 Å². The first kappa shape index (κ1) is 14.4. The van der Waals surface area contributed by atoms with Gasteiger partial charge in [-0.15, -0.1) is 0 Å². The minimum Gasteiger partial charge on any atom is -0.327 e. The van der Waals surface area contributed by atoms with Crippen LogP contribution < -0.4 is 5.73 Å². The molecule has 0 aliphatic heterocycles. The van der Waals surface area contributed by atoms with Crippen LogP contribution in [0.1, 0.15) is 44.1 Å². The van der Waals surface area contributed by atoms with Crippen molar-refractivity contribution in [3.8, 4) is 0 Å². The zero-order chi connectivity index (χ0) is 13.0. The maximum atomic E-state index is 12.2. The highest BCUT2D eigenvalue weighted by Crippen LogP contribution is 2.19. The zero-order valence-corrected chi connectivity index (χ0v) is 12.2. The van der Waals surface area contributed by atoms with Crippen molar-refractivity contribution in [2.45, 2.75) is 46.2 Å². The molecular weight excluding hydrogens is 282 g/mol. The standard InChI is InChI=1S/C12H20BrN3O/c1-4-5-16-12(9(13)7-15-16)11(17)6-10(14)8(2)3/h7-8,10H,4-6,14H2,1-3H3. The van der Waals surface area contributed by atoms with Crippen LogP contribution in [0.5, 0.6) is 0 Å². The molecule has 5 heteroatoms. The third-order valence-electron chi connectivity index (χ3n) is 2.77. The molecule has 0 aliphatic rings. The Bertz CT molecular complexity index is 387. The summed E-state index contributed by atoms with van der Waals surface area (Å²) in [5, 5.41) is 4.19. The topological polar surface area (TPSA) is 60.9 Å². The van der Waals surface area contributed by atoms with Gasteiger partial charge in [-0.2, -0.15) is 5.10 Å². The van der Waals surface area contributed by atoms with Gasteiger partial charge < -0.3 is 5.73 Å². The number of ketones is 1. The molecule has 0 amide bonds. The molecule has 1 aromatic rings. The van der Waals surface area contributed by atoms with Crippen molar-refractivity contribution in [1.29, 1.82) is 0 Å². The smallest absolute Gasteiger partial charge is 0.183 e. The van der Waals surface area contributed by atoms with Crippen LogP contribution in [0.3, 0.4) is 0 Å². The van der Waals surface area contributed by atoms with Crippen LogP contribution in [0.4, 0.5) is 0 Å². The first-order chi connectivity index (χ1) is 7.97. The molecule has 1 atom stereocenters. The number of carbonyl (C=O) groups is 1. The quantitative estimate of drug-likeness (QED) is 0.822. The Morgan fingerprint density at radius 1 is 1.59 bits per heavy atom. The molecule has 0 bridgehead atoms. The highest BCUT2D eigenvalue weighted by Gasteiger charge is 2.20. The van der Waals surface area contributed by atoms with Crippen molar-refractivity contribution in [2.75, 3.05) is 0 Å². The van der Waals surface area contributed by atoms with Crippen LogP contribution in [0, 0.1) is 5.92 Å². The van der Waals surface area contributed by atoms with E-state index in [1.807, 2.05) is 13.8 Å². The number of aryl methyl sites for hydroxylation is 1. The third kappa shape index (κ3) is 3.64. The molecule has 2 N–H and O–H groups in total. The lowest BCUT2D eigenvalue weighted by atomic mass is 9.98. The average Bonchev–Trinajstić information content (AvgIpc) is 2.60. The lowest BCUT2D eigenvalue weighted by Crippen LogP contribution is -2.30. The van der Waals surface area contributed by atoms with E-state index in [0.29, 0.717) is 18.0 Å². The van der Waals surface area contributed by atoms with Gasteiger partial charge in [-0.3, -0.25) is 9.48 Å². The summed E-state index contributed by atoms with van der Waals surface area (Å²) in [6.45, 7) is 6.86. The molecule has 0 saturated heterocycles. The second-order valence-electron chi connectivity index (χ2n) is 4.60. The number of Topliss-reactive ketones (excluding diaryl/α,β-unsaturated/α-hetero) is 1. The van der Waals surface area contributed by atoms with E-state index in [1.54, 1.807) is 10.9 Å². The van der Waals surface area contributed by atoms with E-state index in [9.17, 15) is 4.79 Å². The number of rotatable bonds is 6. The Labute approximate surface area is 111 Å². The van der Waals surface area contributed by atoms with Gasteiger partial charge in [-0.25, -0.2) is 0 Å². The molecular formula is C12H20BrN3O. The Morgan fingerprint density at radius 2 is 2.24 bits per heavy atom. The van der Waals surface area contributed by atoms with E-state index in [1.165, 1.54) is 0 Å². The second-order valence-corrected chi connectivity index (χ2v) is 5.45. The van der Waals surface area contributed by atoms with Crippen molar-refractivity contribution < 1.29 is 4.79 Å². The molecule has 0 radical (unpaired) electrons. The third-order valence-corrected chi connectivity index (χ3v) is 3.35. The number of hydrogen-bond donors (Lipinski definition) is 1. The number of halogens is 1. The lowest BCUT2D eigenvalue weighted by Gasteiger charge is -2.15. The summed E-state index contributed by atoms with van der Waals surface area (Å²) >= 11 is 3.37.